The van der Waals surface area contributed by atoms with E-state index in [1.54, 1.807) is 0 Å². The molecule has 0 heterocycles. The molecule has 0 aromatic rings. The first-order valence-corrected chi connectivity index (χ1v) is 5.63. The van der Waals surface area contributed by atoms with E-state index in [1.165, 1.54) is 12.8 Å². The van der Waals surface area contributed by atoms with Crippen molar-refractivity contribution >= 4 is 0 Å². The molecular formula is C13H23NO. The number of aliphatic hydroxyl groups excluding tert-OH is 1. The summed E-state index contributed by atoms with van der Waals surface area (Å²) in [5.74, 6) is 0. The molecule has 0 aromatic heterocycles. The van der Waals surface area contributed by atoms with Gasteiger partial charge in [0.05, 0.1) is 0 Å². The van der Waals surface area contributed by atoms with E-state index in [-0.39, 0.29) is 0 Å². The first kappa shape index (κ1) is 14.2. The fourth-order valence-electron chi connectivity index (χ4n) is 1.43. The maximum absolute atomic E-state index is 8.63. The molecule has 0 atom stereocenters. The van der Waals surface area contributed by atoms with E-state index in [9.17, 15) is 0 Å². The molecule has 0 saturated carbocycles. The first-order chi connectivity index (χ1) is 7.35. The van der Waals surface area contributed by atoms with E-state index < -0.39 is 0 Å². The summed E-state index contributed by atoms with van der Waals surface area (Å²) in [5, 5.41) is 8.63. The molecule has 0 rings (SSSR count). The summed E-state index contributed by atoms with van der Waals surface area (Å²) in [6.07, 6.45) is 8.27. The lowest BCUT2D eigenvalue weighted by Gasteiger charge is -2.17. The van der Waals surface area contributed by atoms with Crippen LogP contribution in [0.2, 0.25) is 0 Å². The standard InChI is InChI=1S/C13H23NO/c1-3-5-11-14(10-4-2)12-8-6-7-9-13-15/h4-5,15H,1-2,6-13H2. The fraction of sp³-hybridized carbons (Fsp3) is 0.615. The largest absolute Gasteiger partial charge is 0.396 e. The van der Waals surface area contributed by atoms with E-state index in [1.807, 2.05) is 12.2 Å². The summed E-state index contributed by atoms with van der Waals surface area (Å²) in [6.45, 7) is 10.5. The molecular weight excluding hydrogens is 186 g/mol. The number of unbranched alkanes of at least 4 members (excludes halogenated alkanes) is 3. The van der Waals surface area contributed by atoms with Crippen molar-refractivity contribution in [1.29, 1.82) is 0 Å². The van der Waals surface area contributed by atoms with E-state index >= 15 is 0 Å². The molecule has 0 spiro atoms. The summed E-state index contributed by atoms with van der Waals surface area (Å²) >= 11 is 0. The third-order valence-electron chi connectivity index (χ3n) is 2.26. The van der Waals surface area contributed by atoms with Gasteiger partial charge in [-0.15, -0.1) is 12.3 Å². The van der Waals surface area contributed by atoms with Crippen molar-refractivity contribution < 1.29 is 5.11 Å². The number of nitrogens with zero attached hydrogens (tertiary/aromatic N) is 1. The lowest BCUT2D eigenvalue weighted by Crippen LogP contribution is -2.25. The van der Waals surface area contributed by atoms with Gasteiger partial charge in [0.2, 0.25) is 0 Å². The molecule has 0 aliphatic heterocycles. The Balaban J connectivity index is 3.55. The van der Waals surface area contributed by atoms with Gasteiger partial charge in [-0.25, -0.2) is 0 Å². The Bertz CT molecular complexity index is 195. The summed E-state index contributed by atoms with van der Waals surface area (Å²) in [6, 6.07) is 0. The maximum atomic E-state index is 8.63. The predicted molar refractivity (Wildman–Crippen MR) is 65.9 cm³/mol. The second-order valence-electron chi connectivity index (χ2n) is 3.59. The highest BCUT2D eigenvalue weighted by Crippen LogP contribution is 2.01. The van der Waals surface area contributed by atoms with Crippen LogP contribution < -0.4 is 0 Å². The van der Waals surface area contributed by atoms with Gasteiger partial charge >= 0.3 is 0 Å². The lowest BCUT2D eigenvalue weighted by atomic mass is 10.2. The second kappa shape index (κ2) is 11.3. The van der Waals surface area contributed by atoms with Gasteiger partial charge in [0.1, 0.15) is 0 Å². The zero-order chi connectivity index (χ0) is 11.4. The third kappa shape index (κ3) is 9.48. The van der Waals surface area contributed by atoms with E-state index in [4.69, 9.17) is 5.11 Å². The van der Waals surface area contributed by atoms with Crippen LogP contribution in [-0.2, 0) is 0 Å². The fourth-order valence-corrected chi connectivity index (χ4v) is 1.43. The smallest absolute Gasteiger partial charge is 0.0431 e. The van der Waals surface area contributed by atoms with Crippen molar-refractivity contribution in [3.63, 3.8) is 0 Å². The highest BCUT2D eigenvalue weighted by molar-refractivity contribution is 4.83. The van der Waals surface area contributed by atoms with Crippen molar-refractivity contribution in [2.24, 2.45) is 0 Å². The van der Waals surface area contributed by atoms with E-state index in [0.29, 0.717) is 6.61 Å². The highest BCUT2D eigenvalue weighted by atomic mass is 16.2. The van der Waals surface area contributed by atoms with Gasteiger partial charge < -0.3 is 5.11 Å². The summed E-state index contributed by atoms with van der Waals surface area (Å²) in [5.41, 5.74) is 2.78. The van der Waals surface area contributed by atoms with Crippen LogP contribution in [0.15, 0.2) is 31.0 Å². The SMILES string of the molecule is C=C=CCN(CC=C)CCCCCCO. The van der Waals surface area contributed by atoms with Gasteiger partial charge in [-0.3, -0.25) is 4.90 Å². The monoisotopic (exact) mass is 209 g/mol. The molecule has 1 N–H and O–H groups in total. The van der Waals surface area contributed by atoms with Crippen LogP contribution >= 0.6 is 0 Å². The summed E-state index contributed by atoms with van der Waals surface area (Å²) in [7, 11) is 0. The van der Waals surface area contributed by atoms with Crippen LogP contribution in [0, 0.1) is 0 Å². The Labute approximate surface area is 93.6 Å². The minimum absolute atomic E-state index is 0.315. The molecule has 0 fully saturated rings. The lowest BCUT2D eigenvalue weighted by molar-refractivity contribution is 0.278. The average molecular weight is 209 g/mol. The van der Waals surface area contributed by atoms with Gasteiger partial charge in [-0.2, -0.15) is 0 Å². The van der Waals surface area contributed by atoms with Gasteiger partial charge in [-0.05, 0) is 25.5 Å². The molecule has 0 amide bonds. The molecule has 0 saturated heterocycles. The zero-order valence-corrected chi connectivity index (χ0v) is 9.62. The third-order valence-corrected chi connectivity index (χ3v) is 2.26. The Hall–Kier alpha value is -0.820. The van der Waals surface area contributed by atoms with Crippen LogP contribution in [-0.4, -0.2) is 36.2 Å². The number of aliphatic hydroxyl groups is 1. The molecule has 0 radical (unpaired) electrons. The Morgan fingerprint density at radius 2 is 1.87 bits per heavy atom. The molecule has 0 aliphatic rings. The van der Waals surface area contributed by atoms with Gasteiger partial charge in [0, 0.05) is 19.7 Å². The Morgan fingerprint density at radius 1 is 1.13 bits per heavy atom. The van der Waals surface area contributed by atoms with Crippen molar-refractivity contribution in [2.45, 2.75) is 25.7 Å². The van der Waals surface area contributed by atoms with Crippen molar-refractivity contribution in [2.75, 3.05) is 26.2 Å². The zero-order valence-electron chi connectivity index (χ0n) is 9.62. The molecule has 2 heteroatoms. The molecule has 0 aliphatic carbocycles. The number of hydrogen-bond acceptors (Lipinski definition) is 2. The quantitative estimate of drug-likeness (QED) is 0.339. The minimum Gasteiger partial charge on any atom is -0.396 e. The number of hydrogen-bond donors (Lipinski definition) is 1. The Morgan fingerprint density at radius 3 is 2.47 bits per heavy atom. The highest BCUT2D eigenvalue weighted by Gasteiger charge is 1.99. The Kier molecular flexibility index (Phi) is 10.6. The molecule has 0 unspecified atom stereocenters. The molecule has 15 heavy (non-hydrogen) atoms. The van der Waals surface area contributed by atoms with Crippen LogP contribution in [0.25, 0.3) is 0 Å². The van der Waals surface area contributed by atoms with Crippen molar-refractivity contribution in [1.82, 2.24) is 4.90 Å². The van der Waals surface area contributed by atoms with Crippen molar-refractivity contribution in [3.8, 4) is 0 Å². The molecule has 86 valence electrons. The maximum Gasteiger partial charge on any atom is 0.0431 e. The van der Waals surface area contributed by atoms with Crippen LogP contribution in [0.3, 0.4) is 0 Å². The van der Waals surface area contributed by atoms with E-state index in [2.05, 4.69) is 23.8 Å². The summed E-state index contributed by atoms with van der Waals surface area (Å²) in [4.78, 5) is 2.31. The topological polar surface area (TPSA) is 23.5 Å². The van der Waals surface area contributed by atoms with Gasteiger partial charge in [-0.1, -0.05) is 25.5 Å². The molecule has 0 aromatic carbocycles. The first-order valence-electron chi connectivity index (χ1n) is 5.63. The second-order valence-corrected chi connectivity index (χ2v) is 3.59. The normalized spacial score (nSPS) is 10.0. The average Bonchev–Trinajstić information content (AvgIpc) is 2.25. The van der Waals surface area contributed by atoms with Crippen molar-refractivity contribution in [3.05, 3.63) is 31.0 Å². The summed E-state index contributed by atoms with van der Waals surface area (Å²) < 4.78 is 0. The predicted octanol–water partition coefficient (Wildman–Crippen LogP) is 2.37. The van der Waals surface area contributed by atoms with Crippen LogP contribution in [0.4, 0.5) is 0 Å². The minimum atomic E-state index is 0.315. The van der Waals surface area contributed by atoms with Gasteiger partial charge in [0.25, 0.3) is 0 Å². The van der Waals surface area contributed by atoms with Gasteiger partial charge in [0.15, 0.2) is 0 Å². The molecule has 2 nitrogen and oxygen atoms in total. The van der Waals surface area contributed by atoms with E-state index in [0.717, 1.165) is 32.5 Å². The molecule has 0 bridgehead atoms. The van der Waals surface area contributed by atoms with Crippen LogP contribution in [0.1, 0.15) is 25.7 Å². The van der Waals surface area contributed by atoms with Crippen LogP contribution in [0.5, 0.6) is 0 Å². The number of rotatable bonds is 10.